The number of hydrogen-bond donors (Lipinski definition) is 3. The third kappa shape index (κ3) is 4.44. The Kier molecular flexibility index (Phi) is 6.09. The highest BCUT2D eigenvalue weighted by atomic mass is 32.2. The average Bonchev–Trinajstić information content (AvgIpc) is 2.95. The number of aromatic carboxylic acids is 1. The molecule has 10 heteroatoms. The molecule has 0 saturated carbocycles. The van der Waals surface area contributed by atoms with E-state index in [1.807, 2.05) is 0 Å². The molecule has 154 valence electrons. The first-order valence-corrected chi connectivity index (χ1v) is 9.73. The number of aromatic hydroxyl groups is 1. The Hall–Kier alpha value is -3.37. The van der Waals surface area contributed by atoms with E-state index in [1.54, 1.807) is 30.3 Å². The normalized spacial score (nSPS) is 16.0. The Labute approximate surface area is 180 Å². The molecule has 3 rings (SSSR count). The van der Waals surface area contributed by atoms with Crippen molar-refractivity contribution in [1.82, 2.24) is 0 Å². The number of hydrogen-bond acceptors (Lipinski definition) is 7. The predicted octanol–water partition coefficient (Wildman–Crippen LogP) is 3.35. The zero-order valence-electron chi connectivity index (χ0n) is 15.4. The molecular formula is C20H15NO7S2. The fraction of sp³-hybridized carbons (Fsp3) is 0.100. The van der Waals surface area contributed by atoms with Gasteiger partial charge in [-0.25, -0.2) is 9.59 Å². The number of ether oxygens (including phenoxy) is 1. The Morgan fingerprint density at radius 1 is 1.20 bits per heavy atom. The van der Waals surface area contributed by atoms with Crippen LogP contribution in [0.4, 0.5) is 5.69 Å². The molecule has 0 spiro atoms. The van der Waals surface area contributed by atoms with E-state index in [2.05, 4.69) is 0 Å². The van der Waals surface area contributed by atoms with Gasteiger partial charge in [0.15, 0.2) is 10.4 Å². The number of thioether (sulfide) groups is 1. The standard InChI is InChI=1S/C20H15NO7S2/c1-10(18(24)25)28-13-4-2-3-11(7-13)8-16-17(23)21(20(29)30-16)12-5-6-15(22)14(9-12)19(26)27/h2-10,22H,1H3,(H,24,25)(H,26,27)/b16-8-. The highest BCUT2D eigenvalue weighted by Crippen LogP contribution is 2.37. The van der Waals surface area contributed by atoms with Crippen LogP contribution >= 0.6 is 24.0 Å². The zero-order valence-corrected chi connectivity index (χ0v) is 17.1. The van der Waals surface area contributed by atoms with Crippen molar-refractivity contribution >= 4 is 57.9 Å². The van der Waals surface area contributed by atoms with Crippen molar-refractivity contribution < 1.29 is 34.4 Å². The summed E-state index contributed by atoms with van der Waals surface area (Å²) in [5, 5.41) is 27.8. The minimum absolute atomic E-state index is 0.209. The number of phenols is 1. The number of thiocarbonyl (C=S) groups is 1. The molecule has 1 aliphatic heterocycles. The Bertz CT molecular complexity index is 1100. The van der Waals surface area contributed by atoms with Crippen molar-refractivity contribution in [2.24, 2.45) is 0 Å². The quantitative estimate of drug-likeness (QED) is 0.453. The van der Waals surface area contributed by atoms with Crippen LogP contribution in [-0.2, 0) is 9.59 Å². The molecule has 1 fully saturated rings. The van der Waals surface area contributed by atoms with Gasteiger partial charge in [0.25, 0.3) is 5.91 Å². The molecule has 0 bridgehead atoms. The van der Waals surface area contributed by atoms with Crippen LogP contribution in [0.15, 0.2) is 47.4 Å². The second kappa shape index (κ2) is 8.56. The maximum absolute atomic E-state index is 12.9. The first-order chi connectivity index (χ1) is 14.2. The van der Waals surface area contributed by atoms with Gasteiger partial charge in [-0.05, 0) is 48.9 Å². The van der Waals surface area contributed by atoms with Gasteiger partial charge in [-0.1, -0.05) is 36.1 Å². The smallest absolute Gasteiger partial charge is 0.344 e. The van der Waals surface area contributed by atoms with Crippen LogP contribution in [0.3, 0.4) is 0 Å². The maximum atomic E-state index is 12.9. The second-order valence-electron chi connectivity index (χ2n) is 6.19. The van der Waals surface area contributed by atoms with Gasteiger partial charge in [0.2, 0.25) is 0 Å². The van der Waals surface area contributed by atoms with E-state index < -0.39 is 29.7 Å². The summed E-state index contributed by atoms with van der Waals surface area (Å²) in [6.07, 6.45) is 0.548. The van der Waals surface area contributed by atoms with E-state index >= 15 is 0 Å². The van der Waals surface area contributed by atoms with Crippen LogP contribution in [0.1, 0.15) is 22.8 Å². The number of benzene rings is 2. The van der Waals surface area contributed by atoms with Crippen molar-refractivity contribution in [1.29, 1.82) is 0 Å². The van der Waals surface area contributed by atoms with E-state index in [0.717, 1.165) is 11.8 Å². The lowest BCUT2D eigenvalue weighted by Crippen LogP contribution is -2.27. The largest absolute Gasteiger partial charge is 0.507 e. The molecule has 8 nitrogen and oxygen atoms in total. The zero-order chi connectivity index (χ0) is 22.0. The van der Waals surface area contributed by atoms with Crippen molar-refractivity contribution in [3.63, 3.8) is 0 Å². The van der Waals surface area contributed by atoms with Gasteiger partial charge < -0.3 is 20.1 Å². The van der Waals surface area contributed by atoms with Gasteiger partial charge in [0.1, 0.15) is 17.1 Å². The molecule has 0 aromatic heterocycles. The predicted molar refractivity (Wildman–Crippen MR) is 115 cm³/mol. The highest BCUT2D eigenvalue weighted by molar-refractivity contribution is 8.27. The Morgan fingerprint density at radius 2 is 1.93 bits per heavy atom. The Morgan fingerprint density at radius 3 is 2.60 bits per heavy atom. The molecule has 1 aliphatic rings. The molecule has 1 heterocycles. The molecule has 1 saturated heterocycles. The number of rotatable bonds is 6. The number of carbonyl (C=O) groups is 3. The Balaban J connectivity index is 1.88. The number of carbonyl (C=O) groups excluding carboxylic acids is 1. The summed E-state index contributed by atoms with van der Waals surface area (Å²) in [5.74, 6) is -2.96. The third-order valence-electron chi connectivity index (χ3n) is 4.08. The monoisotopic (exact) mass is 445 g/mol. The van der Waals surface area contributed by atoms with E-state index in [1.165, 1.54) is 30.0 Å². The number of amides is 1. The summed E-state index contributed by atoms with van der Waals surface area (Å²) in [7, 11) is 0. The molecule has 30 heavy (non-hydrogen) atoms. The van der Waals surface area contributed by atoms with Crippen molar-refractivity contribution in [3.8, 4) is 11.5 Å². The van der Waals surface area contributed by atoms with Crippen LogP contribution in [0.5, 0.6) is 11.5 Å². The van der Waals surface area contributed by atoms with Crippen molar-refractivity contribution in [2.75, 3.05) is 4.90 Å². The van der Waals surface area contributed by atoms with E-state index in [4.69, 9.17) is 22.1 Å². The molecule has 0 aliphatic carbocycles. The van der Waals surface area contributed by atoms with Crippen LogP contribution in [-0.4, -0.2) is 43.6 Å². The van der Waals surface area contributed by atoms with Crippen molar-refractivity contribution in [2.45, 2.75) is 13.0 Å². The van der Waals surface area contributed by atoms with E-state index in [0.29, 0.717) is 16.2 Å². The van der Waals surface area contributed by atoms with Gasteiger partial charge in [-0.3, -0.25) is 9.69 Å². The molecule has 1 unspecified atom stereocenters. The minimum atomic E-state index is -1.33. The van der Waals surface area contributed by atoms with Crippen LogP contribution in [0, 0.1) is 0 Å². The molecule has 1 amide bonds. The topological polar surface area (TPSA) is 124 Å². The van der Waals surface area contributed by atoms with Gasteiger partial charge in [0.05, 0.1) is 10.6 Å². The summed E-state index contributed by atoms with van der Waals surface area (Å²) in [5.41, 5.74) is 0.480. The lowest BCUT2D eigenvalue weighted by molar-refractivity contribution is -0.144. The molecule has 1 atom stereocenters. The van der Waals surface area contributed by atoms with Gasteiger partial charge in [-0.2, -0.15) is 0 Å². The number of carboxylic acids is 2. The maximum Gasteiger partial charge on any atom is 0.344 e. The van der Waals surface area contributed by atoms with Crippen LogP contribution < -0.4 is 9.64 Å². The molecule has 2 aromatic carbocycles. The molecule has 2 aromatic rings. The summed E-state index contributed by atoms with van der Waals surface area (Å²) >= 11 is 6.31. The lowest BCUT2D eigenvalue weighted by Gasteiger charge is -2.15. The third-order valence-corrected chi connectivity index (χ3v) is 5.38. The number of carboxylic acid groups (broad SMARTS) is 2. The fourth-order valence-electron chi connectivity index (χ4n) is 2.61. The summed E-state index contributed by atoms with van der Waals surface area (Å²) in [6, 6.07) is 10.3. The summed E-state index contributed by atoms with van der Waals surface area (Å²) < 4.78 is 5.54. The van der Waals surface area contributed by atoms with E-state index in [-0.39, 0.29) is 15.6 Å². The van der Waals surface area contributed by atoms with E-state index in [9.17, 15) is 24.6 Å². The lowest BCUT2D eigenvalue weighted by atomic mass is 10.1. The van der Waals surface area contributed by atoms with Crippen molar-refractivity contribution in [3.05, 3.63) is 58.5 Å². The number of aliphatic carboxylic acids is 1. The first-order valence-electron chi connectivity index (χ1n) is 8.51. The summed E-state index contributed by atoms with van der Waals surface area (Å²) in [6.45, 7) is 1.41. The SMILES string of the molecule is CC(Oc1cccc(/C=C2\SC(=S)N(c3ccc(O)c(C(=O)O)c3)C2=O)c1)C(=O)O. The average molecular weight is 445 g/mol. The van der Waals surface area contributed by atoms with Crippen LogP contribution in [0.2, 0.25) is 0 Å². The van der Waals surface area contributed by atoms with Gasteiger partial charge >= 0.3 is 11.9 Å². The van der Waals surface area contributed by atoms with Crippen LogP contribution in [0.25, 0.3) is 6.08 Å². The molecule has 3 N–H and O–H groups in total. The molecule has 0 radical (unpaired) electrons. The fourth-order valence-corrected chi connectivity index (χ4v) is 3.91. The second-order valence-corrected chi connectivity index (χ2v) is 7.87. The van der Waals surface area contributed by atoms with Gasteiger partial charge in [0, 0.05) is 0 Å². The number of nitrogens with zero attached hydrogens (tertiary/aromatic N) is 1. The highest BCUT2D eigenvalue weighted by Gasteiger charge is 2.34. The first kappa shape index (κ1) is 21.3. The molecular weight excluding hydrogens is 430 g/mol. The number of anilines is 1. The summed E-state index contributed by atoms with van der Waals surface area (Å²) in [4.78, 5) is 36.5. The minimum Gasteiger partial charge on any atom is -0.507 e. The van der Waals surface area contributed by atoms with Gasteiger partial charge in [-0.15, -0.1) is 0 Å².